The SMILES string of the molecule is CCCCCCCCCCCCCCCC(=O)C[C@@H](CCC(=O)NCCOCCOCC(=O)NCCCC[C@H](CCC(=O)C(C)(C)CC(=O)[C@@H](N)Cc1cnc[nH]1)C(=O)CNCC(=O)O)C(=O)O. The van der Waals surface area contributed by atoms with Gasteiger partial charge < -0.3 is 46.4 Å². The lowest BCUT2D eigenvalue weighted by atomic mass is 9.78. The van der Waals surface area contributed by atoms with E-state index >= 15 is 0 Å². The van der Waals surface area contributed by atoms with Gasteiger partial charge in [0.1, 0.15) is 24.0 Å². The van der Waals surface area contributed by atoms with E-state index in [0.717, 1.165) is 19.3 Å². The molecule has 0 fully saturated rings. The van der Waals surface area contributed by atoms with E-state index in [1.807, 2.05) is 0 Å². The number of hydrogen-bond donors (Lipinski definition) is 7. The van der Waals surface area contributed by atoms with Gasteiger partial charge in [-0.15, -0.1) is 0 Å². The fourth-order valence-electron chi connectivity index (χ4n) is 7.82. The monoisotopic (exact) mass is 963 g/mol. The number of Topliss-reactive ketones (excluding diaryl/α,β-unsaturated/α-hetero) is 4. The average Bonchev–Trinajstić information content (AvgIpc) is 3.80. The van der Waals surface area contributed by atoms with Crippen LogP contribution in [0.4, 0.5) is 0 Å². The second kappa shape index (κ2) is 38.5. The number of aromatic amines is 1. The molecule has 0 unspecified atom stereocenters. The van der Waals surface area contributed by atoms with Gasteiger partial charge in [-0.2, -0.15) is 0 Å². The highest BCUT2D eigenvalue weighted by Crippen LogP contribution is 2.28. The van der Waals surface area contributed by atoms with Crippen LogP contribution in [0.15, 0.2) is 12.5 Å². The molecule has 0 saturated carbocycles. The second-order valence-corrected chi connectivity index (χ2v) is 18.7. The Bertz CT molecular complexity index is 1600. The number of nitrogens with one attached hydrogen (secondary N) is 4. The van der Waals surface area contributed by atoms with Crippen LogP contribution in [0, 0.1) is 17.3 Å². The average molecular weight is 963 g/mol. The number of carboxylic acids is 2. The summed E-state index contributed by atoms with van der Waals surface area (Å²) in [4.78, 5) is 106. The third-order valence-corrected chi connectivity index (χ3v) is 12.1. The van der Waals surface area contributed by atoms with Crippen molar-refractivity contribution < 1.29 is 58.0 Å². The van der Waals surface area contributed by atoms with E-state index in [4.69, 9.17) is 20.3 Å². The highest BCUT2D eigenvalue weighted by molar-refractivity contribution is 5.93. The molecule has 8 N–H and O–H groups in total. The molecule has 0 bridgehead atoms. The van der Waals surface area contributed by atoms with E-state index in [9.17, 15) is 43.5 Å². The van der Waals surface area contributed by atoms with Crippen molar-refractivity contribution in [3.63, 3.8) is 0 Å². The molecule has 0 radical (unpaired) electrons. The number of H-pyrrole nitrogens is 1. The van der Waals surface area contributed by atoms with E-state index in [1.165, 1.54) is 70.5 Å². The molecule has 388 valence electrons. The van der Waals surface area contributed by atoms with Crippen LogP contribution >= 0.6 is 0 Å². The lowest BCUT2D eigenvalue weighted by Gasteiger charge is -2.25. The lowest BCUT2D eigenvalue weighted by Crippen LogP contribution is -2.38. The Morgan fingerprint density at radius 1 is 0.691 bits per heavy atom. The van der Waals surface area contributed by atoms with Crippen LogP contribution in [-0.4, -0.2) is 126 Å². The standard InChI is InChI=1S/C50H86N6O12/c1-4-5-6-7-8-9-10-11-12-13-14-15-16-20-41(57)30-39(49(65)66)22-24-46(61)55-26-27-67-28-29-68-36-47(62)54-25-18-17-19-38(44(59)34-52-35-48(63)64)21-23-45(60)50(2,3)32-43(58)42(51)31-40-33-53-37-56-40/h33,37-39,42,52H,4-32,34-36,51H2,1-3H3,(H,53,56)(H,54,62)(H,55,61)(H,63,64)(H,65,66)/t38-,39-,42+/m1/s1. The maximum atomic E-state index is 13.3. The highest BCUT2D eigenvalue weighted by atomic mass is 16.5. The topological polar surface area (TPSA) is 286 Å². The lowest BCUT2D eigenvalue weighted by molar-refractivity contribution is -0.144. The number of carboxylic acid groups (broad SMARTS) is 2. The smallest absolute Gasteiger partial charge is 0.317 e. The van der Waals surface area contributed by atoms with Gasteiger partial charge in [0.2, 0.25) is 11.8 Å². The van der Waals surface area contributed by atoms with Crippen LogP contribution in [0.25, 0.3) is 0 Å². The van der Waals surface area contributed by atoms with Crippen LogP contribution < -0.4 is 21.7 Å². The number of nitrogens with two attached hydrogens (primary N) is 1. The molecular weight excluding hydrogens is 877 g/mol. The summed E-state index contributed by atoms with van der Waals surface area (Å²) in [7, 11) is 0. The Balaban J connectivity index is 2.22. The molecule has 0 aliphatic carbocycles. The van der Waals surface area contributed by atoms with E-state index in [2.05, 4.69) is 32.8 Å². The van der Waals surface area contributed by atoms with E-state index in [-0.39, 0.29) is 126 Å². The van der Waals surface area contributed by atoms with Gasteiger partial charge in [-0.05, 0) is 32.1 Å². The van der Waals surface area contributed by atoms with Crippen molar-refractivity contribution in [2.75, 3.05) is 52.6 Å². The molecule has 2 amide bonds. The zero-order chi connectivity index (χ0) is 50.4. The van der Waals surface area contributed by atoms with E-state index in [1.54, 1.807) is 20.0 Å². The number of aliphatic carboxylic acids is 2. The molecule has 68 heavy (non-hydrogen) atoms. The largest absolute Gasteiger partial charge is 0.481 e. The minimum atomic E-state index is -1.10. The van der Waals surface area contributed by atoms with Gasteiger partial charge >= 0.3 is 11.9 Å². The zero-order valence-electron chi connectivity index (χ0n) is 41.5. The van der Waals surface area contributed by atoms with Crippen molar-refractivity contribution in [3.05, 3.63) is 18.2 Å². The van der Waals surface area contributed by atoms with Gasteiger partial charge in [0, 0.05) is 74.8 Å². The van der Waals surface area contributed by atoms with Crippen LogP contribution in [0.2, 0.25) is 0 Å². The number of unbranched alkanes of at least 4 members (excludes halogenated alkanes) is 13. The Labute approximate surface area is 404 Å². The summed E-state index contributed by atoms with van der Waals surface area (Å²) in [6.45, 7) is 5.88. The molecule has 0 aliphatic heterocycles. The number of amides is 2. The molecule has 18 nitrogen and oxygen atoms in total. The van der Waals surface area contributed by atoms with Crippen molar-refractivity contribution in [2.24, 2.45) is 23.0 Å². The molecule has 0 spiro atoms. The van der Waals surface area contributed by atoms with Crippen molar-refractivity contribution in [3.8, 4) is 0 Å². The van der Waals surface area contributed by atoms with Gasteiger partial charge in [0.25, 0.3) is 0 Å². The molecule has 1 heterocycles. The van der Waals surface area contributed by atoms with Crippen molar-refractivity contribution in [1.82, 2.24) is 25.9 Å². The number of ketones is 4. The zero-order valence-corrected chi connectivity index (χ0v) is 41.5. The van der Waals surface area contributed by atoms with Crippen LogP contribution in [0.1, 0.15) is 174 Å². The highest BCUT2D eigenvalue weighted by Gasteiger charge is 2.33. The number of rotatable bonds is 47. The molecule has 18 heteroatoms. The van der Waals surface area contributed by atoms with Gasteiger partial charge in [-0.1, -0.05) is 104 Å². The number of carbonyl (C=O) groups excluding carboxylic acids is 6. The van der Waals surface area contributed by atoms with Gasteiger partial charge in [0.15, 0.2) is 5.78 Å². The van der Waals surface area contributed by atoms with Crippen molar-refractivity contribution in [2.45, 2.75) is 181 Å². The van der Waals surface area contributed by atoms with Crippen LogP contribution in [0.5, 0.6) is 0 Å². The molecule has 3 atom stereocenters. The molecule has 0 aromatic carbocycles. The predicted octanol–water partition coefficient (Wildman–Crippen LogP) is 5.83. The van der Waals surface area contributed by atoms with Crippen LogP contribution in [0.3, 0.4) is 0 Å². The summed E-state index contributed by atoms with van der Waals surface area (Å²) in [5.74, 6) is -5.00. The summed E-state index contributed by atoms with van der Waals surface area (Å²) < 4.78 is 10.8. The van der Waals surface area contributed by atoms with Gasteiger partial charge in [0.05, 0.1) is 51.2 Å². The first-order valence-corrected chi connectivity index (χ1v) is 25.2. The maximum Gasteiger partial charge on any atom is 0.317 e. The number of hydrogen-bond acceptors (Lipinski definition) is 13. The van der Waals surface area contributed by atoms with Crippen LogP contribution in [-0.2, 0) is 54.3 Å². The van der Waals surface area contributed by atoms with Crippen molar-refractivity contribution in [1.29, 1.82) is 0 Å². The number of imidazole rings is 1. The Morgan fingerprint density at radius 2 is 1.31 bits per heavy atom. The van der Waals surface area contributed by atoms with Crippen molar-refractivity contribution >= 4 is 46.9 Å². The maximum absolute atomic E-state index is 13.3. The number of nitrogens with zero attached hydrogens (tertiary/aromatic N) is 1. The quantitative estimate of drug-likeness (QED) is 0.0378. The Morgan fingerprint density at radius 3 is 1.93 bits per heavy atom. The first-order chi connectivity index (χ1) is 32.5. The molecule has 1 aromatic rings. The molecule has 1 rings (SSSR count). The number of carbonyl (C=O) groups is 8. The predicted molar refractivity (Wildman–Crippen MR) is 259 cm³/mol. The van der Waals surface area contributed by atoms with E-state index < -0.39 is 35.2 Å². The summed E-state index contributed by atoms with van der Waals surface area (Å²) in [5.41, 5.74) is 5.80. The third kappa shape index (κ3) is 32.4. The normalized spacial score (nSPS) is 12.8. The molecule has 1 aromatic heterocycles. The Hall–Kier alpha value is -4.39. The molecule has 0 saturated heterocycles. The first-order valence-electron chi connectivity index (χ1n) is 25.2. The number of aromatic nitrogens is 2. The minimum absolute atomic E-state index is 0.0130. The second-order valence-electron chi connectivity index (χ2n) is 18.7. The fourth-order valence-corrected chi connectivity index (χ4v) is 7.82. The first kappa shape index (κ1) is 61.6. The minimum Gasteiger partial charge on any atom is -0.481 e. The van der Waals surface area contributed by atoms with Gasteiger partial charge in [-0.25, -0.2) is 4.98 Å². The number of ether oxygens (including phenoxy) is 2. The molecule has 0 aliphatic rings. The van der Waals surface area contributed by atoms with Gasteiger partial charge in [-0.3, -0.25) is 38.4 Å². The molecular formula is C50H86N6O12. The van der Waals surface area contributed by atoms with E-state index in [0.29, 0.717) is 37.9 Å². The third-order valence-electron chi connectivity index (χ3n) is 12.1. The fraction of sp³-hybridized carbons (Fsp3) is 0.780. The summed E-state index contributed by atoms with van der Waals surface area (Å²) in [6.07, 6.45) is 21.2. The Kier molecular flexibility index (Phi) is 34.9. The summed E-state index contributed by atoms with van der Waals surface area (Å²) >= 11 is 0. The summed E-state index contributed by atoms with van der Waals surface area (Å²) in [5, 5.41) is 26.6. The summed E-state index contributed by atoms with van der Waals surface area (Å²) in [6, 6.07) is -0.800.